The van der Waals surface area contributed by atoms with Crippen LogP contribution >= 0.6 is 11.3 Å². The summed E-state index contributed by atoms with van der Waals surface area (Å²) in [5.74, 6) is 0.419. The third-order valence-electron chi connectivity index (χ3n) is 5.32. The predicted molar refractivity (Wildman–Crippen MR) is 111 cm³/mol. The molecule has 1 fully saturated rings. The topological polar surface area (TPSA) is 59.4 Å². The Kier molecular flexibility index (Phi) is 5.75. The van der Waals surface area contributed by atoms with Crippen LogP contribution in [0.2, 0.25) is 0 Å². The Balaban J connectivity index is 1.44. The number of amides is 1. The molecule has 0 spiro atoms. The maximum absolute atomic E-state index is 12.6. The first-order chi connectivity index (χ1) is 13.7. The number of hydrogen-bond acceptors (Lipinski definition) is 5. The number of carbonyl (C=O) groups excluding carboxylic acids is 1. The molecular formula is C21H26N4O2S. The van der Waals surface area contributed by atoms with E-state index in [1.807, 2.05) is 35.7 Å². The van der Waals surface area contributed by atoms with Gasteiger partial charge in [-0.2, -0.15) is 5.10 Å². The molecule has 1 aliphatic heterocycles. The number of carbonyl (C=O) groups is 1. The first-order valence-electron chi connectivity index (χ1n) is 9.61. The molecule has 1 aromatic carbocycles. The highest BCUT2D eigenvalue weighted by Crippen LogP contribution is 2.37. The number of benzene rings is 1. The molecule has 3 heterocycles. The van der Waals surface area contributed by atoms with Crippen LogP contribution in [0.25, 0.3) is 10.1 Å². The summed E-state index contributed by atoms with van der Waals surface area (Å²) in [6.45, 7) is 2.77. The number of aryl methyl sites for hydroxylation is 1. The second-order valence-electron chi connectivity index (χ2n) is 7.32. The maximum Gasteiger partial charge on any atom is 0.223 e. The second-order valence-corrected chi connectivity index (χ2v) is 8.49. The van der Waals surface area contributed by atoms with Gasteiger partial charge < -0.3 is 15.0 Å². The van der Waals surface area contributed by atoms with Gasteiger partial charge >= 0.3 is 0 Å². The summed E-state index contributed by atoms with van der Waals surface area (Å²) in [6, 6.07) is 10.8. The fraction of sp³-hybridized carbons (Fsp3) is 0.429. The van der Waals surface area contributed by atoms with Crippen molar-refractivity contribution < 1.29 is 9.53 Å². The first kappa shape index (κ1) is 19.1. The number of rotatable bonds is 8. The van der Waals surface area contributed by atoms with Crippen LogP contribution in [0.15, 0.2) is 42.7 Å². The van der Waals surface area contributed by atoms with Gasteiger partial charge in [-0.1, -0.05) is 18.2 Å². The third-order valence-corrected chi connectivity index (χ3v) is 6.44. The van der Waals surface area contributed by atoms with Gasteiger partial charge in [0, 0.05) is 67.5 Å². The molecule has 7 heteroatoms. The van der Waals surface area contributed by atoms with Gasteiger partial charge in [0.25, 0.3) is 0 Å². The summed E-state index contributed by atoms with van der Waals surface area (Å²) in [7, 11) is 3.58. The normalized spacial score (nSPS) is 19.8. The van der Waals surface area contributed by atoms with Gasteiger partial charge in [0.05, 0.1) is 18.8 Å². The van der Waals surface area contributed by atoms with Crippen LogP contribution in [0.3, 0.4) is 0 Å². The molecule has 1 saturated heterocycles. The Bertz CT molecular complexity index is 918. The lowest BCUT2D eigenvalue weighted by molar-refractivity contribution is -0.129. The molecule has 0 bridgehead atoms. The van der Waals surface area contributed by atoms with E-state index < -0.39 is 0 Å². The number of aromatic nitrogens is 2. The van der Waals surface area contributed by atoms with Crippen molar-refractivity contribution in [2.45, 2.75) is 19.0 Å². The van der Waals surface area contributed by atoms with Gasteiger partial charge in [-0.25, -0.2) is 0 Å². The van der Waals surface area contributed by atoms with Crippen molar-refractivity contribution >= 4 is 27.3 Å². The minimum atomic E-state index is 0.0475. The predicted octanol–water partition coefficient (Wildman–Crippen LogP) is 2.96. The van der Waals surface area contributed by atoms with Crippen LogP contribution in [0.4, 0.5) is 0 Å². The van der Waals surface area contributed by atoms with E-state index in [0.29, 0.717) is 19.6 Å². The van der Waals surface area contributed by atoms with Crippen molar-refractivity contribution in [1.82, 2.24) is 20.0 Å². The SMILES string of the molecule is COCCN1C(=O)C[C@@H](CNCc2cc3ccccc3s2)[C@@H]1c1cnn(C)c1. The number of likely N-dealkylation sites (tertiary alicyclic amines) is 1. The largest absolute Gasteiger partial charge is 0.383 e. The summed E-state index contributed by atoms with van der Waals surface area (Å²) in [5.41, 5.74) is 1.10. The molecule has 0 saturated carbocycles. The summed E-state index contributed by atoms with van der Waals surface area (Å²) in [5, 5.41) is 9.19. The Morgan fingerprint density at radius 1 is 1.36 bits per heavy atom. The summed E-state index contributed by atoms with van der Waals surface area (Å²) >= 11 is 1.82. The molecule has 3 aromatic rings. The van der Waals surface area contributed by atoms with Crippen molar-refractivity contribution in [3.63, 3.8) is 0 Å². The monoisotopic (exact) mass is 398 g/mol. The van der Waals surface area contributed by atoms with Crippen molar-refractivity contribution in [2.24, 2.45) is 13.0 Å². The highest BCUT2D eigenvalue weighted by atomic mass is 32.1. The number of nitrogens with one attached hydrogen (secondary N) is 1. The lowest BCUT2D eigenvalue weighted by atomic mass is 9.95. The lowest BCUT2D eigenvalue weighted by Gasteiger charge is -2.27. The molecule has 1 N–H and O–H groups in total. The average molecular weight is 399 g/mol. The molecule has 6 nitrogen and oxygen atoms in total. The van der Waals surface area contributed by atoms with Crippen LogP contribution in [0.5, 0.6) is 0 Å². The number of thiophene rings is 1. The number of methoxy groups -OCH3 is 1. The Labute approximate surface area is 169 Å². The van der Waals surface area contributed by atoms with E-state index >= 15 is 0 Å². The first-order valence-corrected chi connectivity index (χ1v) is 10.4. The van der Waals surface area contributed by atoms with E-state index in [0.717, 1.165) is 18.7 Å². The van der Waals surface area contributed by atoms with Crippen LogP contribution in [0.1, 0.15) is 22.9 Å². The zero-order valence-electron chi connectivity index (χ0n) is 16.3. The molecule has 4 rings (SSSR count). The van der Waals surface area contributed by atoms with E-state index in [-0.39, 0.29) is 17.9 Å². The van der Waals surface area contributed by atoms with Crippen LogP contribution in [-0.4, -0.2) is 47.4 Å². The third kappa shape index (κ3) is 3.97. The zero-order valence-corrected chi connectivity index (χ0v) is 17.1. The molecule has 148 valence electrons. The minimum absolute atomic E-state index is 0.0475. The van der Waals surface area contributed by atoms with Gasteiger partial charge in [-0.05, 0) is 17.5 Å². The summed E-state index contributed by atoms with van der Waals surface area (Å²) in [4.78, 5) is 15.9. The molecule has 1 aliphatic rings. The molecule has 2 aromatic heterocycles. The molecule has 0 radical (unpaired) electrons. The Morgan fingerprint density at radius 2 is 2.21 bits per heavy atom. The quantitative estimate of drug-likeness (QED) is 0.634. The lowest BCUT2D eigenvalue weighted by Crippen LogP contribution is -2.33. The highest BCUT2D eigenvalue weighted by molar-refractivity contribution is 7.19. The molecule has 1 amide bonds. The smallest absolute Gasteiger partial charge is 0.223 e. The van der Waals surface area contributed by atoms with E-state index in [1.54, 1.807) is 11.8 Å². The van der Waals surface area contributed by atoms with E-state index in [9.17, 15) is 4.79 Å². The number of ether oxygens (including phenoxy) is 1. The number of nitrogens with zero attached hydrogens (tertiary/aromatic N) is 3. The number of hydrogen-bond donors (Lipinski definition) is 1. The molecule has 28 heavy (non-hydrogen) atoms. The van der Waals surface area contributed by atoms with Crippen LogP contribution in [-0.2, 0) is 23.1 Å². The van der Waals surface area contributed by atoms with Crippen molar-refractivity contribution in [1.29, 1.82) is 0 Å². The van der Waals surface area contributed by atoms with Gasteiger partial charge in [0.2, 0.25) is 5.91 Å². The zero-order chi connectivity index (χ0) is 19.5. The molecule has 0 unspecified atom stereocenters. The van der Waals surface area contributed by atoms with Gasteiger partial charge in [0.15, 0.2) is 0 Å². The fourth-order valence-corrected chi connectivity index (χ4v) is 5.08. The van der Waals surface area contributed by atoms with Gasteiger partial charge in [-0.15, -0.1) is 11.3 Å². The van der Waals surface area contributed by atoms with Gasteiger partial charge in [-0.3, -0.25) is 9.48 Å². The number of fused-ring (bicyclic) bond motifs is 1. The Morgan fingerprint density at radius 3 is 2.96 bits per heavy atom. The van der Waals surface area contributed by atoms with Crippen LogP contribution < -0.4 is 5.32 Å². The van der Waals surface area contributed by atoms with Crippen molar-refractivity contribution in [3.8, 4) is 0 Å². The van der Waals surface area contributed by atoms with Crippen LogP contribution in [0, 0.1) is 5.92 Å². The van der Waals surface area contributed by atoms with Crippen molar-refractivity contribution in [3.05, 3.63) is 53.2 Å². The van der Waals surface area contributed by atoms with Gasteiger partial charge in [0.1, 0.15) is 0 Å². The van der Waals surface area contributed by atoms with E-state index in [1.165, 1.54) is 15.0 Å². The summed E-state index contributed by atoms with van der Waals surface area (Å²) in [6.07, 6.45) is 4.45. The maximum atomic E-state index is 12.6. The molecule has 2 atom stereocenters. The van der Waals surface area contributed by atoms with E-state index in [4.69, 9.17) is 4.74 Å². The average Bonchev–Trinajstić information content (AvgIpc) is 3.37. The highest BCUT2D eigenvalue weighted by Gasteiger charge is 2.40. The second kappa shape index (κ2) is 8.43. The molecular weight excluding hydrogens is 372 g/mol. The minimum Gasteiger partial charge on any atom is -0.383 e. The standard InChI is InChI=1S/C21H26N4O2S/c1-24-14-17(12-23-24)21-16(10-20(26)25(21)7-8-27-2)11-22-13-18-9-15-5-3-4-6-19(15)28-18/h3-6,9,12,14,16,21-22H,7-8,10-11,13H2,1-2H3/t16-,21+/m0/s1. The fourth-order valence-electron chi connectivity index (χ4n) is 4.05. The Hall–Kier alpha value is -2.22. The summed E-state index contributed by atoms with van der Waals surface area (Å²) < 4.78 is 8.33. The van der Waals surface area contributed by atoms with E-state index in [2.05, 4.69) is 40.7 Å². The molecule has 0 aliphatic carbocycles. The van der Waals surface area contributed by atoms with Crippen molar-refractivity contribution in [2.75, 3.05) is 26.8 Å².